The Labute approximate surface area is 124 Å². The molecule has 0 amide bonds. The van der Waals surface area contributed by atoms with Crippen molar-refractivity contribution in [3.63, 3.8) is 0 Å². The van der Waals surface area contributed by atoms with Gasteiger partial charge in [-0.1, -0.05) is 19.8 Å². The molecule has 0 spiro atoms. The highest BCUT2D eigenvalue weighted by molar-refractivity contribution is 5.96. The van der Waals surface area contributed by atoms with Gasteiger partial charge in [0, 0.05) is 5.39 Å². The Bertz CT molecular complexity index is 755. The Morgan fingerprint density at radius 2 is 2.00 bits per heavy atom. The van der Waals surface area contributed by atoms with Gasteiger partial charge in [0.2, 0.25) is 0 Å². The van der Waals surface area contributed by atoms with Crippen molar-refractivity contribution in [1.82, 2.24) is 0 Å². The molecular weight excluding hydrogens is 264 g/mol. The molecule has 3 rings (SSSR count). The maximum absolute atomic E-state index is 11.8. The van der Waals surface area contributed by atoms with Crippen molar-refractivity contribution < 1.29 is 9.21 Å². The molecule has 1 heterocycles. The van der Waals surface area contributed by atoms with Gasteiger partial charge in [0.05, 0.1) is 0 Å². The molecule has 1 aromatic heterocycles. The molecule has 0 saturated heterocycles. The van der Waals surface area contributed by atoms with Gasteiger partial charge in [-0.3, -0.25) is 4.79 Å². The number of hydrogen-bond acceptors (Lipinski definition) is 3. The lowest BCUT2D eigenvalue weighted by atomic mass is 9.87. The topological polar surface area (TPSA) is 47.3 Å². The summed E-state index contributed by atoms with van der Waals surface area (Å²) in [4.78, 5) is 23.3. The number of rotatable bonds is 1. The molecular formula is C18H20O3. The Morgan fingerprint density at radius 3 is 2.76 bits per heavy atom. The van der Waals surface area contributed by atoms with Gasteiger partial charge in [-0.25, -0.2) is 4.79 Å². The Balaban J connectivity index is 2.18. The van der Waals surface area contributed by atoms with Gasteiger partial charge in [0.25, 0.3) is 0 Å². The van der Waals surface area contributed by atoms with E-state index in [0.29, 0.717) is 11.5 Å². The third kappa shape index (κ3) is 2.78. The van der Waals surface area contributed by atoms with Crippen LogP contribution in [0.3, 0.4) is 0 Å². The van der Waals surface area contributed by atoms with Crippen LogP contribution < -0.4 is 5.63 Å². The zero-order chi connectivity index (χ0) is 15.0. The number of carbonyl (C=O) groups excluding carboxylic acids is 1. The van der Waals surface area contributed by atoms with Crippen LogP contribution in [0.5, 0.6) is 0 Å². The summed E-state index contributed by atoms with van der Waals surface area (Å²) in [6.07, 6.45) is 5.81. The monoisotopic (exact) mass is 284 g/mol. The van der Waals surface area contributed by atoms with Crippen molar-refractivity contribution in [2.45, 2.75) is 46.0 Å². The van der Waals surface area contributed by atoms with E-state index >= 15 is 0 Å². The minimum Gasteiger partial charge on any atom is -0.422 e. The summed E-state index contributed by atoms with van der Waals surface area (Å²) in [6, 6.07) is 5.77. The molecule has 1 aliphatic rings. The Kier molecular flexibility index (Phi) is 3.66. The van der Waals surface area contributed by atoms with E-state index in [1.54, 1.807) is 6.07 Å². The highest BCUT2D eigenvalue weighted by Crippen LogP contribution is 2.27. The Hall–Kier alpha value is -1.90. The summed E-state index contributed by atoms with van der Waals surface area (Å²) < 4.78 is 5.35. The number of ketones is 1. The quantitative estimate of drug-likeness (QED) is 0.589. The lowest BCUT2D eigenvalue weighted by molar-refractivity contribution is 0.101. The molecule has 0 radical (unpaired) electrons. The molecule has 0 aliphatic heterocycles. The van der Waals surface area contributed by atoms with Crippen molar-refractivity contribution in [1.29, 1.82) is 0 Å². The number of benzene rings is 1. The van der Waals surface area contributed by atoms with Crippen LogP contribution in [0.15, 0.2) is 27.4 Å². The van der Waals surface area contributed by atoms with Crippen LogP contribution in [0.25, 0.3) is 11.0 Å². The normalized spacial score (nSPS) is 18.9. The SMILES string of the molecule is CC(=O)c1cc2cc3c(cc2oc1=O)CC(C)CCCC3. The summed E-state index contributed by atoms with van der Waals surface area (Å²) in [7, 11) is 0. The number of Topliss-reactive ketones (excluding diaryl/α,β-unsaturated/α-hetero) is 1. The van der Waals surface area contributed by atoms with Crippen LogP contribution in [-0.2, 0) is 12.8 Å². The van der Waals surface area contributed by atoms with Gasteiger partial charge in [-0.2, -0.15) is 0 Å². The summed E-state index contributed by atoms with van der Waals surface area (Å²) >= 11 is 0. The van der Waals surface area contributed by atoms with Gasteiger partial charge in [-0.05, 0) is 61.4 Å². The summed E-state index contributed by atoms with van der Waals surface area (Å²) in [6.45, 7) is 3.67. The number of fused-ring (bicyclic) bond motifs is 2. The molecule has 3 heteroatoms. The second kappa shape index (κ2) is 5.47. The van der Waals surface area contributed by atoms with Crippen molar-refractivity contribution in [2.24, 2.45) is 5.92 Å². The van der Waals surface area contributed by atoms with E-state index in [4.69, 9.17) is 4.42 Å². The highest BCUT2D eigenvalue weighted by atomic mass is 16.4. The van der Waals surface area contributed by atoms with Crippen LogP contribution in [0.4, 0.5) is 0 Å². The molecule has 110 valence electrons. The lowest BCUT2D eigenvalue weighted by Gasteiger charge is -2.19. The van der Waals surface area contributed by atoms with Crippen molar-refractivity contribution in [3.8, 4) is 0 Å². The number of aryl methyl sites for hydroxylation is 1. The second-order valence-corrected chi connectivity index (χ2v) is 6.22. The van der Waals surface area contributed by atoms with Crippen LogP contribution in [0, 0.1) is 5.92 Å². The van der Waals surface area contributed by atoms with E-state index in [0.717, 1.165) is 18.2 Å². The van der Waals surface area contributed by atoms with Crippen LogP contribution in [0.2, 0.25) is 0 Å². The molecule has 2 aromatic rings. The van der Waals surface area contributed by atoms with Gasteiger partial charge >= 0.3 is 5.63 Å². The molecule has 1 aliphatic carbocycles. The van der Waals surface area contributed by atoms with Gasteiger partial charge in [-0.15, -0.1) is 0 Å². The average Bonchev–Trinajstić information content (AvgIpc) is 2.41. The van der Waals surface area contributed by atoms with Crippen molar-refractivity contribution >= 4 is 16.8 Å². The second-order valence-electron chi connectivity index (χ2n) is 6.22. The lowest BCUT2D eigenvalue weighted by Crippen LogP contribution is -2.12. The predicted molar refractivity (Wildman–Crippen MR) is 82.9 cm³/mol. The molecule has 1 atom stereocenters. The molecule has 0 N–H and O–H groups in total. The molecule has 1 unspecified atom stereocenters. The van der Waals surface area contributed by atoms with Crippen molar-refractivity contribution in [3.05, 3.63) is 45.3 Å². The first-order valence-corrected chi connectivity index (χ1v) is 7.65. The van der Waals surface area contributed by atoms with Gasteiger partial charge in [0.1, 0.15) is 11.1 Å². The number of hydrogen-bond donors (Lipinski definition) is 0. The first-order valence-electron chi connectivity index (χ1n) is 7.65. The third-order valence-corrected chi connectivity index (χ3v) is 4.40. The van der Waals surface area contributed by atoms with E-state index in [2.05, 4.69) is 13.0 Å². The van der Waals surface area contributed by atoms with Gasteiger partial charge in [0.15, 0.2) is 5.78 Å². The summed E-state index contributed by atoms with van der Waals surface area (Å²) in [5.41, 5.74) is 2.82. The van der Waals surface area contributed by atoms with Crippen LogP contribution >= 0.6 is 0 Å². The average molecular weight is 284 g/mol. The fourth-order valence-electron chi connectivity index (χ4n) is 3.21. The molecule has 0 fully saturated rings. The molecule has 3 nitrogen and oxygen atoms in total. The summed E-state index contributed by atoms with van der Waals surface area (Å²) in [5, 5.41) is 0.853. The molecule has 0 bridgehead atoms. The van der Waals surface area contributed by atoms with E-state index in [9.17, 15) is 9.59 Å². The first-order chi connectivity index (χ1) is 10.0. The van der Waals surface area contributed by atoms with E-state index in [-0.39, 0.29) is 11.3 Å². The predicted octanol–water partition coefficient (Wildman–Crippen LogP) is 3.90. The first kappa shape index (κ1) is 14.1. The fourth-order valence-corrected chi connectivity index (χ4v) is 3.21. The maximum atomic E-state index is 11.8. The highest BCUT2D eigenvalue weighted by Gasteiger charge is 2.15. The molecule has 0 saturated carbocycles. The number of carbonyl (C=O) groups is 1. The minimum atomic E-state index is -0.533. The largest absolute Gasteiger partial charge is 0.422 e. The minimum absolute atomic E-state index is 0.140. The fraction of sp³-hybridized carbons (Fsp3) is 0.444. The third-order valence-electron chi connectivity index (χ3n) is 4.40. The summed E-state index contributed by atoms with van der Waals surface area (Å²) in [5.74, 6) is 0.413. The van der Waals surface area contributed by atoms with E-state index < -0.39 is 5.63 Å². The van der Waals surface area contributed by atoms with Crippen LogP contribution in [0.1, 0.15) is 54.6 Å². The molecule has 1 aromatic carbocycles. The smallest absolute Gasteiger partial charge is 0.347 e. The standard InChI is InChI=1S/C18H20O3/c1-11-5-3-4-6-13-8-15-9-16(12(2)19)18(20)21-17(15)10-14(13)7-11/h8-11H,3-7H2,1-2H3. The zero-order valence-corrected chi connectivity index (χ0v) is 12.6. The zero-order valence-electron chi connectivity index (χ0n) is 12.6. The van der Waals surface area contributed by atoms with Gasteiger partial charge < -0.3 is 4.42 Å². The van der Waals surface area contributed by atoms with E-state index in [1.807, 2.05) is 6.07 Å². The van der Waals surface area contributed by atoms with E-state index in [1.165, 1.54) is 37.3 Å². The van der Waals surface area contributed by atoms with Crippen molar-refractivity contribution in [2.75, 3.05) is 0 Å². The molecule has 21 heavy (non-hydrogen) atoms. The van der Waals surface area contributed by atoms with Crippen LogP contribution in [-0.4, -0.2) is 5.78 Å². The Morgan fingerprint density at radius 1 is 1.19 bits per heavy atom. The maximum Gasteiger partial charge on any atom is 0.347 e.